The first-order valence-electron chi connectivity index (χ1n) is 4.26. The van der Waals surface area contributed by atoms with E-state index in [2.05, 4.69) is 4.74 Å². The summed E-state index contributed by atoms with van der Waals surface area (Å²) in [6, 6.07) is 9.64. The van der Waals surface area contributed by atoms with E-state index >= 15 is 0 Å². The van der Waals surface area contributed by atoms with Crippen LogP contribution in [0.25, 0.3) is 6.08 Å². The van der Waals surface area contributed by atoms with E-state index < -0.39 is 8.25 Å². The average molecular weight is 243 g/mol. The highest BCUT2D eigenvalue weighted by atomic mass is 31.1. The van der Waals surface area contributed by atoms with Crippen LogP contribution in [0.5, 0.6) is 0 Å². The first kappa shape index (κ1) is 14.5. The number of esters is 1. The van der Waals surface area contributed by atoms with Crippen LogP contribution in [-0.4, -0.2) is 15.8 Å². The summed E-state index contributed by atoms with van der Waals surface area (Å²) in [4.78, 5) is 24.6. The van der Waals surface area contributed by atoms with Crippen molar-refractivity contribution in [1.82, 2.24) is 0 Å². The number of carbonyl (C=O) groups excluding carboxylic acids is 1. The second-order valence-corrected chi connectivity index (χ2v) is 3.08. The van der Waals surface area contributed by atoms with Gasteiger partial charge in [0.15, 0.2) is 0 Å². The molecule has 0 fully saturated rings. The largest absolute Gasteiger partial charge is 0.692 e. The van der Waals surface area contributed by atoms with Crippen molar-refractivity contribution in [1.29, 1.82) is 0 Å². The van der Waals surface area contributed by atoms with E-state index in [1.54, 1.807) is 6.08 Å². The highest BCUT2D eigenvalue weighted by Crippen LogP contribution is 2.00. The van der Waals surface area contributed by atoms with Gasteiger partial charge in [-0.15, -0.1) is 9.79 Å². The molecule has 2 N–H and O–H groups in total. The van der Waals surface area contributed by atoms with Crippen molar-refractivity contribution in [2.24, 2.45) is 0 Å². The van der Waals surface area contributed by atoms with Gasteiger partial charge < -0.3 is 4.74 Å². The molecule has 0 aromatic heterocycles. The van der Waals surface area contributed by atoms with E-state index in [0.717, 1.165) is 5.56 Å². The number of rotatable bonds is 2. The summed E-state index contributed by atoms with van der Waals surface area (Å²) in [7, 11) is -2.87. The number of hydrogen-bond donors (Lipinski definition) is 2. The van der Waals surface area contributed by atoms with Gasteiger partial charge in [0.1, 0.15) is 0 Å². The van der Waals surface area contributed by atoms with Gasteiger partial charge in [0, 0.05) is 11.5 Å². The quantitative estimate of drug-likeness (QED) is 0.470. The lowest BCUT2D eigenvalue weighted by molar-refractivity contribution is -0.135. The van der Waals surface area contributed by atoms with E-state index in [4.69, 9.17) is 14.4 Å². The highest BCUT2D eigenvalue weighted by Gasteiger charge is 1.93. The fourth-order valence-electron chi connectivity index (χ4n) is 0.773. The molecule has 16 heavy (non-hydrogen) atoms. The Morgan fingerprint density at radius 1 is 1.31 bits per heavy atom. The van der Waals surface area contributed by atoms with Gasteiger partial charge in [-0.25, -0.2) is 0 Å². The molecule has 86 valence electrons. The van der Waals surface area contributed by atoms with E-state index in [-0.39, 0.29) is 5.97 Å². The molecule has 1 rings (SSSR count). The Kier molecular flexibility index (Phi) is 7.89. The summed E-state index contributed by atoms with van der Waals surface area (Å²) >= 11 is 0. The van der Waals surface area contributed by atoms with Gasteiger partial charge in [-0.2, -0.15) is 0 Å². The Balaban J connectivity index is 0.000000487. The third-order valence-electron chi connectivity index (χ3n) is 1.29. The summed E-state index contributed by atoms with van der Waals surface area (Å²) in [5.74, 6) is -0.304. The van der Waals surface area contributed by atoms with Crippen LogP contribution < -0.4 is 0 Å². The molecule has 6 heteroatoms. The van der Waals surface area contributed by atoms with Crippen LogP contribution in [0.3, 0.4) is 0 Å². The number of carbonyl (C=O) groups is 1. The second kappa shape index (κ2) is 8.73. The Morgan fingerprint density at radius 2 is 1.81 bits per heavy atom. The van der Waals surface area contributed by atoms with Crippen molar-refractivity contribution in [2.75, 3.05) is 0 Å². The van der Waals surface area contributed by atoms with Crippen LogP contribution >= 0.6 is 8.25 Å². The third-order valence-corrected chi connectivity index (χ3v) is 1.29. The lowest BCUT2D eigenvalue weighted by atomic mass is 10.2. The zero-order valence-electron chi connectivity index (χ0n) is 8.61. The summed E-state index contributed by atoms with van der Waals surface area (Å²) in [6.45, 7) is 1.37. The molecule has 1 aromatic rings. The molecular formula is C10H12O5P+. The molecule has 0 unspecified atom stereocenters. The van der Waals surface area contributed by atoms with Crippen LogP contribution in [0.4, 0.5) is 0 Å². The molecule has 0 aliphatic carbocycles. The molecule has 0 saturated carbocycles. The highest BCUT2D eigenvalue weighted by molar-refractivity contribution is 7.30. The summed E-state index contributed by atoms with van der Waals surface area (Å²) < 4.78 is 13.3. The SMILES string of the molecule is CC(=O)OC=Cc1ccccc1.O=[P+](O)O. The van der Waals surface area contributed by atoms with Gasteiger partial charge in [-0.1, -0.05) is 30.3 Å². The first-order chi connectivity index (χ1) is 7.52. The van der Waals surface area contributed by atoms with Crippen LogP contribution in [0.15, 0.2) is 36.6 Å². The number of hydrogen-bond acceptors (Lipinski definition) is 3. The van der Waals surface area contributed by atoms with Crippen LogP contribution in [0.1, 0.15) is 12.5 Å². The minimum Gasteiger partial charge on any atom is -0.435 e. The molecule has 0 radical (unpaired) electrons. The van der Waals surface area contributed by atoms with Crippen molar-refractivity contribution in [3.05, 3.63) is 42.2 Å². The maximum Gasteiger partial charge on any atom is 0.692 e. The molecule has 0 heterocycles. The van der Waals surface area contributed by atoms with Crippen molar-refractivity contribution in [3.8, 4) is 0 Å². The lowest BCUT2D eigenvalue weighted by Gasteiger charge is -1.91. The Labute approximate surface area is 93.9 Å². The van der Waals surface area contributed by atoms with Crippen molar-refractivity contribution in [2.45, 2.75) is 6.92 Å². The summed E-state index contributed by atoms with van der Waals surface area (Å²) in [6.07, 6.45) is 3.12. The molecule has 0 amide bonds. The minimum absolute atomic E-state index is 0.304. The van der Waals surface area contributed by atoms with Gasteiger partial charge in [-0.05, 0) is 11.6 Å². The normalized spacial score (nSPS) is 9.19. The zero-order valence-corrected chi connectivity index (χ0v) is 9.50. The minimum atomic E-state index is -2.87. The van der Waals surface area contributed by atoms with E-state index in [0.29, 0.717) is 0 Å². The number of ether oxygens (including phenoxy) is 1. The maximum atomic E-state index is 10.4. The van der Waals surface area contributed by atoms with Crippen molar-refractivity contribution >= 4 is 20.3 Å². The molecule has 1 aromatic carbocycles. The van der Waals surface area contributed by atoms with Gasteiger partial charge in [-0.3, -0.25) is 4.79 Å². The Bertz CT molecular complexity index is 357. The number of benzene rings is 1. The van der Waals surface area contributed by atoms with Crippen molar-refractivity contribution < 1.29 is 23.9 Å². The molecule has 0 aliphatic heterocycles. The second-order valence-electron chi connectivity index (χ2n) is 2.58. The van der Waals surface area contributed by atoms with E-state index in [9.17, 15) is 4.79 Å². The fraction of sp³-hybridized carbons (Fsp3) is 0.100. The van der Waals surface area contributed by atoms with Crippen LogP contribution in [0.2, 0.25) is 0 Å². The Hall–Kier alpha value is -1.55. The average Bonchev–Trinajstić information content (AvgIpc) is 2.18. The smallest absolute Gasteiger partial charge is 0.435 e. The van der Waals surface area contributed by atoms with Crippen molar-refractivity contribution in [3.63, 3.8) is 0 Å². The van der Waals surface area contributed by atoms with Crippen LogP contribution in [-0.2, 0) is 14.1 Å². The lowest BCUT2D eigenvalue weighted by Crippen LogP contribution is -1.88. The first-order valence-corrected chi connectivity index (χ1v) is 5.42. The topological polar surface area (TPSA) is 83.8 Å². The molecular weight excluding hydrogens is 231 g/mol. The summed E-state index contributed by atoms with van der Waals surface area (Å²) in [5, 5.41) is 0. The standard InChI is InChI=1S/C10H10O2.HO3P/c1-9(11)12-8-7-10-5-3-2-4-6-10;1-4(2)3/h2-8H,1H3;(H-,1,2,3)/p+1. The summed E-state index contributed by atoms with van der Waals surface area (Å²) in [5.41, 5.74) is 1.01. The van der Waals surface area contributed by atoms with Gasteiger partial charge in [0.05, 0.1) is 6.26 Å². The monoisotopic (exact) mass is 243 g/mol. The van der Waals surface area contributed by atoms with Crippen LogP contribution in [0, 0.1) is 0 Å². The van der Waals surface area contributed by atoms with E-state index in [1.807, 2.05) is 30.3 Å². The van der Waals surface area contributed by atoms with Gasteiger partial charge >= 0.3 is 14.2 Å². The molecule has 0 aliphatic rings. The molecule has 0 bridgehead atoms. The maximum absolute atomic E-state index is 10.4. The fourth-order valence-corrected chi connectivity index (χ4v) is 0.773. The molecule has 0 saturated heterocycles. The predicted molar refractivity (Wildman–Crippen MR) is 59.3 cm³/mol. The predicted octanol–water partition coefficient (Wildman–Crippen LogP) is 1.85. The molecule has 0 spiro atoms. The zero-order chi connectivity index (χ0) is 12.4. The Morgan fingerprint density at radius 3 is 2.25 bits per heavy atom. The van der Waals surface area contributed by atoms with Gasteiger partial charge in [0.25, 0.3) is 0 Å². The van der Waals surface area contributed by atoms with E-state index in [1.165, 1.54) is 13.2 Å². The van der Waals surface area contributed by atoms with Gasteiger partial charge in [0.2, 0.25) is 0 Å². The molecule has 5 nitrogen and oxygen atoms in total. The third kappa shape index (κ3) is 10.5. The molecule has 0 atom stereocenters.